The van der Waals surface area contributed by atoms with Gasteiger partial charge in [0, 0.05) is 5.41 Å². The van der Waals surface area contributed by atoms with E-state index < -0.39 is 0 Å². The van der Waals surface area contributed by atoms with Gasteiger partial charge in [-0.25, -0.2) is 4.98 Å². The molecule has 0 radical (unpaired) electrons. The van der Waals surface area contributed by atoms with Gasteiger partial charge in [-0.2, -0.15) is 0 Å². The van der Waals surface area contributed by atoms with Crippen LogP contribution < -0.4 is 5.56 Å². The van der Waals surface area contributed by atoms with Crippen LogP contribution in [0.5, 0.6) is 0 Å². The van der Waals surface area contributed by atoms with E-state index in [2.05, 4.69) is 69.3 Å². The molecule has 0 saturated carbocycles. The van der Waals surface area contributed by atoms with Crippen molar-refractivity contribution in [3.8, 4) is 10.7 Å². The van der Waals surface area contributed by atoms with Crippen molar-refractivity contribution >= 4 is 49.9 Å². The zero-order chi connectivity index (χ0) is 13.5. The van der Waals surface area contributed by atoms with Crippen LogP contribution in [0.15, 0.2) is 20.7 Å². The molecule has 0 aromatic carbocycles. The van der Waals surface area contributed by atoms with Gasteiger partial charge in [0.25, 0.3) is 5.56 Å². The van der Waals surface area contributed by atoms with E-state index in [-0.39, 0.29) is 11.0 Å². The quantitative estimate of drug-likeness (QED) is 0.679. The molecule has 0 atom stereocenters. The predicted octanol–water partition coefficient (Wildman–Crippen LogP) is 4.16. The highest BCUT2D eigenvalue weighted by Gasteiger charge is 2.22. The van der Waals surface area contributed by atoms with Gasteiger partial charge in [-0.15, -0.1) is 11.3 Å². The fourth-order valence-corrected chi connectivity index (χ4v) is 3.91. The van der Waals surface area contributed by atoms with Gasteiger partial charge in [-0.3, -0.25) is 4.79 Å². The molecule has 2 rings (SSSR count). The van der Waals surface area contributed by atoms with E-state index in [0.29, 0.717) is 9.39 Å². The smallest absolute Gasteiger partial charge is 0.264 e. The van der Waals surface area contributed by atoms with E-state index in [9.17, 15) is 4.79 Å². The highest BCUT2D eigenvalue weighted by molar-refractivity contribution is 14.1. The number of nitrogens with one attached hydrogen (secondary N) is 1. The van der Waals surface area contributed by atoms with Crippen molar-refractivity contribution in [1.82, 2.24) is 9.97 Å². The number of hydrogen-bond donors (Lipinski definition) is 1. The van der Waals surface area contributed by atoms with Crippen molar-refractivity contribution in [1.29, 1.82) is 0 Å². The third-order valence-corrected chi connectivity index (χ3v) is 5.01. The Morgan fingerprint density at radius 2 is 2.06 bits per heavy atom. The second-order valence-corrected chi connectivity index (χ2v) is 8.47. The van der Waals surface area contributed by atoms with Crippen LogP contribution in [0, 0.1) is 3.57 Å². The van der Waals surface area contributed by atoms with Gasteiger partial charge in [-0.1, -0.05) is 20.8 Å². The molecule has 0 spiro atoms. The summed E-state index contributed by atoms with van der Waals surface area (Å²) in [4.78, 5) is 20.4. The molecule has 2 heterocycles. The summed E-state index contributed by atoms with van der Waals surface area (Å²) in [7, 11) is 0. The van der Waals surface area contributed by atoms with Gasteiger partial charge in [0.2, 0.25) is 0 Å². The summed E-state index contributed by atoms with van der Waals surface area (Å²) in [5.41, 5.74) is 0.620. The number of aromatic nitrogens is 2. The minimum Gasteiger partial charge on any atom is -0.305 e. The molecule has 0 amide bonds. The van der Waals surface area contributed by atoms with Gasteiger partial charge in [-0.05, 0) is 50.7 Å². The van der Waals surface area contributed by atoms with Crippen molar-refractivity contribution in [2.24, 2.45) is 0 Å². The van der Waals surface area contributed by atoms with E-state index in [1.807, 2.05) is 12.1 Å². The van der Waals surface area contributed by atoms with Crippen LogP contribution in [0.2, 0.25) is 0 Å². The predicted molar refractivity (Wildman–Crippen MR) is 87.3 cm³/mol. The van der Waals surface area contributed by atoms with E-state index in [0.717, 1.165) is 14.4 Å². The molecule has 18 heavy (non-hydrogen) atoms. The highest BCUT2D eigenvalue weighted by atomic mass is 127. The van der Waals surface area contributed by atoms with Crippen molar-refractivity contribution < 1.29 is 0 Å². The molecule has 0 unspecified atom stereocenters. The van der Waals surface area contributed by atoms with Crippen LogP contribution in [0.1, 0.15) is 26.5 Å². The monoisotopic (exact) mass is 438 g/mol. The number of halogens is 2. The maximum Gasteiger partial charge on any atom is 0.264 e. The molecule has 0 aliphatic heterocycles. The molecule has 6 heteroatoms. The number of hydrogen-bond acceptors (Lipinski definition) is 3. The van der Waals surface area contributed by atoms with Gasteiger partial charge in [0.15, 0.2) is 5.82 Å². The topological polar surface area (TPSA) is 45.8 Å². The Balaban J connectivity index is 2.65. The van der Waals surface area contributed by atoms with Crippen LogP contribution in [0.4, 0.5) is 0 Å². The standard InChI is InChI=1S/C12H12BrIN2OS/c1-12(2,3)9-8(14)11(17)16-10(15-9)6-4-5-7(13)18-6/h4-5H,1-3H3,(H,15,16,17). The lowest BCUT2D eigenvalue weighted by molar-refractivity contribution is 0.562. The minimum atomic E-state index is -0.145. The maximum absolute atomic E-state index is 12.0. The first-order chi connectivity index (χ1) is 8.29. The molecular formula is C12H12BrIN2OS. The normalized spacial score (nSPS) is 11.8. The Morgan fingerprint density at radius 1 is 1.39 bits per heavy atom. The van der Waals surface area contributed by atoms with Crippen molar-refractivity contribution in [2.75, 3.05) is 0 Å². The molecule has 0 aliphatic carbocycles. The fourth-order valence-electron chi connectivity index (χ4n) is 1.51. The van der Waals surface area contributed by atoms with E-state index in [4.69, 9.17) is 0 Å². The van der Waals surface area contributed by atoms with Gasteiger partial charge in [0.1, 0.15) is 3.57 Å². The summed E-state index contributed by atoms with van der Waals surface area (Å²) in [6.45, 7) is 6.18. The summed E-state index contributed by atoms with van der Waals surface area (Å²) in [5.74, 6) is 0.640. The number of thiophene rings is 1. The van der Waals surface area contributed by atoms with Crippen LogP contribution in [-0.4, -0.2) is 9.97 Å². The van der Waals surface area contributed by atoms with E-state index in [1.54, 1.807) is 11.3 Å². The number of H-pyrrole nitrogens is 1. The van der Waals surface area contributed by atoms with Crippen LogP contribution >= 0.6 is 49.9 Å². The summed E-state index contributed by atoms with van der Waals surface area (Å²) in [5, 5.41) is 0. The van der Waals surface area contributed by atoms with Gasteiger partial charge in [0.05, 0.1) is 14.4 Å². The van der Waals surface area contributed by atoms with Crippen molar-refractivity contribution in [3.63, 3.8) is 0 Å². The molecule has 96 valence electrons. The Labute approximate surface area is 131 Å². The van der Waals surface area contributed by atoms with Crippen LogP contribution in [0.25, 0.3) is 10.7 Å². The summed E-state index contributed by atoms with van der Waals surface area (Å²) >= 11 is 7.03. The SMILES string of the molecule is CC(C)(C)c1nc(-c2ccc(Br)s2)[nH]c(=O)c1I. The first kappa shape index (κ1) is 14.2. The van der Waals surface area contributed by atoms with Crippen molar-refractivity contribution in [3.05, 3.63) is 35.5 Å². The molecule has 2 aromatic heterocycles. The minimum absolute atomic E-state index is 0.0740. The zero-order valence-electron chi connectivity index (χ0n) is 10.2. The lowest BCUT2D eigenvalue weighted by atomic mass is 9.92. The van der Waals surface area contributed by atoms with E-state index in [1.165, 1.54) is 0 Å². The van der Waals surface area contributed by atoms with Gasteiger partial charge >= 0.3 is 0 Å². The third-order valence-electron chi connectivity index (χ3n) is 2.38. The second kappa shape index (κ2) is 5.05. The summed E-state index contributed by atoms with van der Waals surface area (Å²) in [6, 6.07) is 3.90. The molecular weight excluding hydrogens is 427 g/mol. The van der Waals surface area contributed by atoms with Crippen LogP contribution in [-0.2, 0) is 5.41 Å². The Kier molecular flexibility index (Phi) is 3.99. The molecule has 0 bridgehead atoms. The Morgan fingerprint density at radius 3 is 2.56 bits per heavy atom. The summed E-state index contributed by atoms with van der Waals surface area (Å²) < 4.78 is 1.69. The largest absolute Gasteiger partial charge is 0.305 e. The first-order valence-corrected chi connectivity index (χ1v) is 8.04. The van der Waals surface area contributed by atoms with E-state index >= 15 is 0 Å². The number of aromatic amines is 1. The van der Waals surface area contributed by atoms with Gasteiger partial charge < -0.3 is 4.98 Å². The second-order valence-electron chi connectivity index (χ2n) is 4.93. The first-order valence-electron chi connectivity index (χ1n) is 5.35. The number of nitrogens with zero attached hydrogens (tertiary/aromatic N) is 1. The van der Waals surface area contributed by atoms with Crippen molar-refractivity contribution in [2.45, 2.75) is 26.2 Å². The molecule has 1 N–H and O–H groups in total. The lowest BCUT2D eigenvalue weighted by Crippen LogP contribution is -2.24. The van der Waals surface area contributed by atoms with Crippen LogP contribution in [0.3, 0.4) is 0 Å². The number of rotatable bonds is 1. The molecule has 2 aromatic rings. The Bertz CT molecular complexity index is 642. The molecule has 0 aliphatic rings. The average Bonchev–Trinajstić information content (AvgIpc) is 2.67. The summed E-state index contributed by atoms with van der Waals surface area (Å²) in [6.07, 6.45) is 0. The molecule has 3 nitrogen and oxygen atoms in total. The average molecular weight is 439 g/mol. The highest BCUT2D eigenvalue weighted by Crippen LogP contribution is 2.30. The Hall–Kier alpha value is -0.210. The molecule has 0 saturated heterocycles. The fraction of sp³-hybridized carbons (Fsp3) is 0.333. The molecule has 0 fully saturated rings. The third kappa shape index (κ3) is 2.85. The maximum atomic E-state index is 12.0. The zero-order valence-corrected chi connectivity index (χ0v) is 14.7. The lowest BCUT2D eigenvalue weighted by Gasteiger charge is -2.19.